The maximum Gasteiger partial charge on any atom is 0.338 e. The molecule has 0 bridgehead atoms. The normalized spacial score (nSPS) is 10.3. The maximum absolute atomic E-state index is 14.2. The SMILES string of the molecule is CCN(Cc1ccncc1)c1nccc(C(=O)O)c1F. The summed E-state index contributed by atoms with van der Waals surface area (Å²) in [5, 5.41) is 8.94. The van der Waals surface area contributed by atoms with E-state index in [4.69, 9.17) is 5.11 Å². The summed E-state index contributed by atoms with van der Waals surface area (Å²) >= 11 is 0. The molecule has 6 heteroatoms. The zero-order valence-electron chi connectivity index (χ0n) is 11.0. The first-order valence-electron chi connectivity index (χ1n) is 6.15. The number of carbonyl (C=O) groups is 1. The first-order valence-corrected chi connectivity index (χ1v) is 6.15. The van der Waals surface area contributed by atoms with Crippen molar-refractivity contribution in [2.75, 3.05) is 11.4 Å². The number of rotatable bonds is 5. The van der Waals surface area contributed by atoms with Gasteiger partial charge in [-0.25, -0.2) is 14.2 Å². The third-order valence-corrected chi connectivity index (χ3v) is 2.91. The predicted octanol–water partition coefficient (Wildman–Crippen LogP) is 2.34. The summed E-state index contributed by atoms with van der Waals surface area (Å²) in [7, 11) is 0. The van der Waals surface area contributed by atoms with Gasteiger partial charge in [0.05, 0.1) is 0 Å². The van der Waals surface area contributed by atoms with Crippen LogP contribution in [0.2, 0.25) is 0 Å². The van der Waals surface area contributed by atoms with Gasteiger partial charge in [-0.2, -0.15) is 0 Å². The Kier molecular flexibility index (Phi) is 4.24. The highest BCUT2D eigenvalue weighted by molar-refractivity contribution is 5.88. The lowest BCUT2D eigenvalue weighted by molar-refractivity contribution is 0.0691. The molecule has 2 heterocycles. The quantitative estimate of drug-likeness (QED) is 0.907. The number of carboxylic acids is 1. The van der Waals surface area contributed by atoms with E-state index in [1.165, 1.54) is 6.20 Å². The number of aromatic carboxylic acids is 1. The Morgan fingerprint density at radius 3 is 2.60 bits per heavy atom. The molecule has 2 aromatic rings. The summed E-state index contributed by atoms with van der Waals surface area (Å²) in [6, 6.07) is 4.80. The minimum atomic E-state index is -1.30. The molecule has 0 atom stereocenters. The van der Waals surface area contributed by atoms with E-state index in [0.717, 1.165) is 11.6 Å². The van der Waals surface area contributed by atoms with Crippen molar-refractivity contribution in [2.24, 2.45) is 0 Å². The fourth-order valence-corrected chi connectivity index (χ4v) is 1.86. The molecular formula is C14H14FN3O2. The van der Waals surface area contributed by atoms with Crippen LogP contribution in [0.1, 0.15) is 22.8 Å². The number of pyridine rings is 2. The van der Waals surface area contributed by atoms with Gasteiger partial charge in [-0.1, -0.05) is 0 Å². The van der Waals surface area contributed by atoms with E-state index in [2.05, 4.69) is 9.97 Å². The van der Waals surface area contributed by atoms with Gasteiger partial charge in [-0.05, 0) is 30.7 Å². The van der Waals surface area contributed by atoms with Crippen LogP contribution in [0.5, 0.6) is 0 Å². The van der Waals surface area contributed by atoms with Gasteiger partial charge in [0.2, 0.25) is 0 Å². The average molecular weight is 275 g/mol. The van der Waals surface area contributed by atoms with E-state index in [-0.39, 0.29) is 11.4 Å². The highest BCUT2D eigenvalue weighted by Gasteiger charge is 2.19. The lowest BCUT2D eigenvalue weighted by atomic mass is 10.2. The standard InChI is InChI=1S/C14H14FN3O2/c1-2-18(9-10-3-6-16-7-4-10)13-12(15)11(14(19)20)5-8-17-13/h3-8H,2,9H2,1H3,(H,19,20). The molecule has 1 N–H and O–H groups in total. The average Bonchev–Trinajstić information content (AvgIpc) is 2.46. The van der Waals surface area contributed by atoms with Gasteiger partial charge in [-0.3, -0.25) is 4.98 Å². The van der Waals surface area contributed by atoms with E-state index in [0.29, 0.717) is 13.1 Å². The van der Waals surface area contributed by atoms with Crippen LogP contribution in [0.3, 0.4) is 0 Å². The molecule has 0 aliphatic carbocycles. The molecule has 0 saturated heterocycles. The highest BCUT2D eigenvalue weighted by atomic mass is 19.1. The second-order valence-electron chi connectivity index (χ2n) is 4.17. The number of aromatic nitrogens is 2. The summed E-state index contributed by atoms with van der Waals surface area (Å²) in [6.45, 7) is 2.80. The fourth-order valence-electron chi connectivity index (χ4n) is 1.86. The van der Waals surface area contributed by atoms with E-state index in [1.54, 1.807) is 17.3 Å². The van der Waals surface area contributed by atoms with Gasteiger partial charge in [0, 0.05) is 31.7 Å². The molecule has 5 nitrogen and oxygen atoms in total. The van der Waals surface area contributed by atoms with Crippen molar-refractivity contribution in [1.82, 2.24) is 9.97 Å². The Bertz CT molecular complexity index is 605. The first kappa shape index (κ1) is 13.9. The van der Waals surface area contributed by atoms with Gasteiger partial charge in [0.25, 0.3) is 0 Å². The molecule has 0 spiro atoms. The third kappa shape index (κ3) is 2.90. The lowest BCUT2D eigenvalue weighted by Crippen LogP contribution is -2.25. The Balaban J connectivity index is 2.33. The number of anilines is 1. The van der Waals surface area contributed by atoms with E-state index in [1.807, 2.05) is 19.1 Å². The van der Waals surface area contributed by atoms with Gasteiger partial charge in [-0.15, -0.1) is 0 Å². The summed E-state index contributed by atoms with van der Waals surface area (Å²) < 4.78 is 14.2. The van der Waals surface area contributed by atoms with Gasteiger partial charge >= 0.3 is 5.97 Å². The molecule has 2 rings (SSSR count). The van der Waals surface area contributed by atoms with Crippen molar-refractivity contribution in [2.45, 2.75) is 13.5 Å². The molecule has 0 saturated carbocycles. The fraction of sp³-hybridized carbons (Fsp3) is 0.214. The molecule has 0 radical (unpaired) electrons. The number of hydrogen-bond acceptors (Lipinski definition) is 4. The van der Waals surface area contributed by atoms with Crippen molar-refractivity contribution in [3.05, 3.63) is 53.7 Å². The third-order valence-electron chi connectivity index (χ3n) is 2.91. The van der Waals surface area contributed by atoms with Gasteiger partial charge in [0.15, 0.2) is 11.6 Å². The first-order chi connectivity index (χ1) is 9.63. The van der Waals surface area contributed by atoms with E-state index in [9.17, 15) is 9.18 Å². The van der Waals surface area contributed by atoms with Crippen molar-refractivity contribution in [3.8, 4) is 0 Å². The Morgan fingerprint density at radius 2 is 2.00 bits per heavy atom. The van der Waals surface area contributed by atoms with Crippen LogP contribution in [-0.4, -0.2) is 27.6 Å². The van der Waals surface area contributed by atoms with Gasteiger partial charge < -0.3 is 10.0 Å². The second kappa shape index (κ2) is 6.10. The monoisotopic (exact) mass is 275 g/mol. The van der Waals surface area contributed by atoms with Gasteiger partial charge in [0.1, 0.15) is 5.56 Å². The van der Waals surface area contributed by atoms with E-state index >= 15 is 0 Å². The molecule has 0 amide bonds. The Hall–Kier alpha value is -2.50. The molecule has 0 unspecified atom stereocenters. The number of carboxylic acid groups (broad SMARTS) is 1. The zero-order chi connectivity index (χ0) is 14.5. The van der Waals surface area contributed by atoms with Crippen LogP contribution in [0.4, 0.5) is 10.2 Å². The van der Waals surface area contributed by atoms with Crippen LogP contribution in [0, 0.1) is 5.82 Å². The molecule has 0 fully saturated rings. The van der Waals surface area contributed by atoms with Crippen LogP contribution in [0.15, 0.2) is 36.8 Å². The smallest absolute Gasteiger partial charge is 0.338 e. The number of halogens is 1. The van der Waals surface area contributed by atoms with Crippen molar-refractivity contribution in [1.29, 1.82) is 0 Å². The molecule has 2 aromatic heterocycles. The number of hydrogen-bond donors (Lipinski definition) is 1. The summed E-state index contributed by atoms with van der Waals surface area (Å²) in [4.78, 5) is 20.5. The maximum atomic E-state index is 14.2. The second-order valence-corrected chi connectivity index (χ2v) is 4.17. The predicted molar refractivity (Wildman–Crippen MR) is 72.1 cm³/mol. The zero-order valence-corrected chi connectivity index (χ0v) is 11.0. The minimum absolute atomic E-state index is 0.0456. The number of nitrogens with zero attached hydrogens (tertiary/aromatic N) is 3. The van der Waals surface area contributed by atoms with Crippen LogP contribution in [0.25, 0.3) is 0 Å². The molecule has 0 aliphatic rings. The minimum Gasteiger partial charge on any atom is -0.478 e. The Labute approximate surface area is 115 Å². The summed E-state index contributed by atoms with van der Waals surface area (Å²) in [5.74, 6) is -2.06. The molecule has 104 valence electrons. The van der Waals surface area contributed by atoms with Crippen molar-refractivity contribution < 1.29 is 14.3 Å². The van der Waals surface area contributed by atoms with Crippen molar-refractivity contribution in [3.63, 3.8) is 0 Å². The van der Waals surface area contributed by atoms with Crippen LogP contribution < -0.4 is 4.90 Å². The van der Waals surface area contributed by atoms with Crippen molar-refractivity contribution >= 4 is 11.8 Å². The molecule has 0 aliphatic heterocycles. The molecule has 0 aromatic carbocycles. The lowest BCUT2D eigenvalue weighted by Gasteiger charge is -2.22. The molecular weight excluding hydrogens is 261 g/mol. The highest BCUT2D eigenvalue weighted by Crippen LogP contribution is 2.21. The van der Waals surface area contributed by atoms with Crippen LogP contribution in [-0.2, 0) is 6.54 Å². The molecule has 20 heavy (non-hydrogen) atoms. The van der Waals surface area contributed by atoms with Crippen LogP contribution >= 0.6 is 0 Å². The largest absolute Gasteiger partial charge is 0.478 e. The topological polar surface area (TPSA) is 66.3 Å². The Morgan fingerprint density at radius 1 is 1.30 bits per heavy atom. The van der Waals surface area contributed by atoms with E-state index < -0.39 is 11.8 Å². The summed E-state index contributed by atoms with van der Waals surface area (Å²) in [6.07, 6.45) is 4.61. The summed E-state index contributed by atoms with van der Waals surface area (Å²) in [5.41, 5.74) is 0.576.